The number of hydrogen-bond donors (Lipinski definition) is 0. The van der Waals surface area contributed by atoms with Crippen LogP contribution in [0.15, 0.2) is 22.8 Å². The van der Waals surface area contributed by atoms with Crippen molar-refractivity contribution in [3.05, 3.63) is 47.6 Å². The van der Waals surface area contributed by atoms with E-state index in [1.54, 1.807) is 11.1 Å². The summed E-state index contributed by atoms with van der Waals surface area (Å²) in [5.74, 6) is -1.50. The molecule has 0 N–H and O–H groups in total. The number of hydrogen-bond acceptors (Lipinski definition) is 6. The van der Waals surface area contributed by atoms with Gasteiger partial charge in [-0.15, -0.1) is 35.8 Å². The Kier molecular flexibility index (Phi) is 8.13. The first kappa shape index (κ1) is 28.1. The first-order chi connectivity index (χ1) is 17.2. The first-order valence-electron chi connectivity index (χ1n) is 10.7. The maximum Gasteiger partial charge on any atom is 0.573 e. The molecule has 2 aromatic heterocycles. The molecule has 1 aliphatic heterocycles. The molecule has 0 radical (unpaired) electrons. The van der Waals surface area contributed by atoms with E-state index in [0.717, 1.165) is 27.3 Å². The van der Waals surface area contributed by atoms with E-state index in [-0.39, 0.29) is 33.8 Å². The van der Waals surface area contributed by atoms with Crippen LogP contribution in [0, 0.1) is 6.92 Å². The number of aromatic nitrogens is 2. The summed E-state index contributed by atoms with van der Waals surface area (Å²) in [6.45, 7) is 2.88. The molecule has 1 aromatic carbocycles. The van der Waals surface area contributed by atoms with Crippen LogP contribution in [0.1, 0.15) is 39.2 Å². The van der Waals surface area contributed by atoms with Crippen LogP contribution < -0.4 is 4.74 Å². The van der Waals surface area contributed by atoms with Crippen LogP contribution in [0.4, 0.5) is 26.3 Å². The Balaban J connectivity index is 1.52. The van der Waals surface area contributed by atoms with Gasteiger partial charge < -0.3 is 9.64 Å². The van der Waals surface area contributed by atoms with E-state index in [1.807, 2.05) is 6.92 Å². The van der Waals surface area contributed by atoms with E-state index in [1.165, 1.54) is 11.3 Å². The van der Waals surface area contributed by atoms with Gasteiger partial charge in [0.15, 0.2) is 0 Å². The molecule has 15 heteroatoms. The Hall–Kier alpha value is -1.90. The number of piperidine rings is 1. The molecule has 37 heavy (non-hydrogen) atoms. The molecule has 1 fully saturated rings. The minimum Gasteiger partial charge on any atom is -0.405 e. The summed E-state index contributed by atoms with van der Waals surface area (Å²) in [5, 5.41) is 1.34. The highest BCUT2D eigenvalue weighted by Gasteiger charge is 2.41. The monoisotopic (exact) mass is 647 g/mol. The summed E-state index contributed by atoms with van der Waals surface area (Å²) < 4.78 is 81.9. The molecule has 0 bridgehead atoms. The van der Waals surface area contributed by atoms with E-state index < -0.39 is 28.3 Å². The van der Waals surface area contributed by atoms with Crippen LogP contribution in [0.25, 0.3) is 11.3 Å². The summed E-state index contributed by atoms with van der Waals surface area (Å²) in [4.78, 5) is 24.0. The van der Waals surface area contributed by atoms with Gasteiger partial charge in [0.1, 0.15) is 26.4 Å². The van der Waals surface area contributed by atoms with Crippen molar-refractivity contribution in [2.75, 3.05) is 13.1 Å². The minimum atomic E-state index is -5.33. The molecule has 0 unspecified atom stereocenters. The Morgan fingerprint density at radius 2 is 1.86 bits per heavy atom. The predicted molar refractivity (Wildman–Crippen MR) is 131 cm³/mol. The van der Waals surface area contributed by atoms with Crippen molar-refractivity contribution in [3.63, 3.8) is 0 Å². The number of thiazole rings is 2. The molecule has 5 nitrogen and oxygen atoms in total. The number of halogens is 8. The molecule has 3 aromatic rings. The fourth-order valence-electron chi connectivity index (χ4n) is 3.97. The van der Waals surface area contributed by atoms with Gasteiger partial charge in [0.2, 0.25) is 5.91 Å². The second-order valence-corrected chi connectivity index (χ2v) is 12.1. The van der Waals surface area contributed by atoms with Crippen LogP contribution in [-0.4, -0.2) is 40.2 Å². The average Bonchev–Trinajstić information content (AvgIpc) is 3.36. The lowest BCUT2D eigenvalue weighted by molar-refractivity contribution is -0.276. The fourth-order valence-corrected chi connectivity index (χ4v) is 6.78. The largest absolute Gasteiger partial charge is 0.573 e. The number of benzene rings is 1. The minimum absolute atomic E-state index is 0.0301. The molecule has 1 aliphatic rings. The zero-order valence-electron chi connectivity index (χ0n) is 18.8. The van der Waals surface area contributed by atoms with Crippen LogP contribution in [0.3, 0.4) is 0 Å². The van der Waals surface area contributed by atoms with Gasteiger partial charge in [0.05, 0.1) is 11.4 Å². The van der Waals surface area contributed by atoms with E-state index in [4.69, 9.17) is 11.6 Å². The van der Waals surface area contributed by atoms with E-state index >= 15 is 0 Å². The van der Waals surface area contributed by atoms with Gasteiger partial charge in [-0.2, -0.15) is 13.2 Å². The molecule has 0 aliphatic carbocycles. The topological polar surface area (TPSA) is 55.3 Å². The zero-order chi connectivity index (χ0) is 27.1. The summed E-state index contributed by atoms with van der Waals surface area (Å²) in [6, 6.07) is 1.64. The highest BCUT2D eigenvalue weighted by Crippen LogP contribution is 2.47. The van der Waals surface area contributed by atoms with Crippen LogP contribution in [-0.2, 0) is 17.4 Å². The Morgan fingerprint density at radius 1 is 1.19 bits per heavy atom. The smallest absolute Gasteiger partial charge is 0.405 e. The molecule has 200 valence electrons. The number of nitrogens with zero attached hydrogens (tertiary/aromatic N) is 3. The standard InChI is InChI=1S/C22H17BrClF6N3O2S2/c1-10-9-31-15(36-10)8-16(34)33-4-2-11(3-5-33)20-32-18(19(24)37-20)12-6-13(23)17(21(25,26)27)14(7-12)35-22(28,29)30/h6-7,9,11H,2-5,8H2,1H3. The fraction of sp³-hybridized carbons (Fsp3) is 0.409. The normalized spacial score (nSPS) is 15.3. The Bertz CT molecular complexity index is 1300. The number of amides is 1. The van der Waals surface area contributed by atoms with Crippen molar-refractivity contribution >= 4 is 56.1 Å². The van der Waals surface area contributed by atoms with Crippen molar-refractivity contribution in [2.45, 2.75) is 44.6 Å². The molecule has 3 heterocycles. The lowest BCUT2D eigenvalue weighted by Gasteiger charge is -2.31. The summed E-state index contributed by atoms with van der Waals surface area (Å²) in [6.07, 6.45) is -7.31. The average molecular weight is 649 g/mol. The summed E-state index contributed by atoms with van der Waals surface area (Å²) >= 11 is 11.6. The van der Waals surface area contributed by atoms with Crippen molar-refractivity contribution in [2.24, 2.45) is 0 Å². The number of alkyl halides is 6. The second-order valence-electron chi connectivity index (χ2n) is 8.25. The molecular weight excluding hydrogens is 632 g/mol. The van der Waals surface area contributed by atoms with E-state index in [0.29, 0.717) is 37.0 Å². The highest BCUT2D eigenvalue weighted by atomic mass is 79.9. The molecule has 0 saturated carbocycles. The third-order valence-corrected chi connectivity index (χ3v) is 8.56. The number of likely N-dealkylation sites (tertiary alicyclic amines) is 1. The number of rotatable bonds is 5. The Morgan fingerprint density at radius 3 is 2.43 bits per heavy atom. The third kappa shape index (κ3) is 6.76. The SMILES string of the molecule is Cc1cnc(CC(=O)N2CCC(c3nc(-c4cc(Br)c(C(F)(F)F)c(OC(F)(F)F)c4)c(Cl)s3)CC2)s1. The van der Waals surface area contributed by atoms with E-state index in [9.17, 15) is 31.1 Å². The van der Waals surface area contributed by atoms with Gasteiger partial charge in [0.25, 0.3) is 0 Å². The van der Waals surface area contributed by atoms with Gasteiger partial charge in [-0.3, -0.25) is 4.79 Å². The van der Waals surface area contributed by atoms with Crippen molar-refractivity contribution in [1.82, 2.24) is 14.9 Å². The van der Waals surface area contributed by atoms with Gasteiger partial charge in [-0.05, 0) is 31.9 Å². The van der Waals surface area contributed by atoms with Crippen LogP contribution in [0.2, 0.25) is 4.34 Å². The van der Waals surface area contributed by atoms with Gasteiger partial charge in [0, 0.05) is 40.1 Å². The molecule has 1 amide bonds. The van der Waals surface area contributed by atoms with Gasteiger partial charge >= 0.3 is 12.5 Å². The molecule has 1 saturated heterocycles. The third-order valence-electron chi connectivity index (χ3n) is 5.61. The number of aryl methyl sites for hydroxylation is 1. The van der Waals surface area contributed by atoms with Crippen molar-refractivity contribution < 1.29 is 35.9 Å². The maximum atomic E-state index is 13.4. The quantitative estimate of drug-likeness (QED) is 0.265. The van der Waals surface area contributed by atoms with Gasteiger partial charge in [-0.1, -0.05) is 27.5 Å². The zero-order valence-corrected chi connectivity index (χ0v) is 22.8. The lowest BCUT2D eigenvalue weighted by Crippen LogP contribution is -2.38. The van der Waals surface area contributed by atoms with Crippen LogP contribution in [0.5, 0.6) is 5.75 Å². The lowest BCUT2D eigenvalue weighted by atomic mass is 9.97. The van der Waals surface area contributed by atoms with Crippen molar-refractivity contribution in [1.29, 1.82) is 0 Å². The molecule has 4 rings (SSSR count). The number of ether oxygens (including phenoxy) is 1. The summed E-state index contributed by atoms with van der Waals surface area (Å²) in [7, 11) is 0. The van der Waals surface area contributed by atoms with Crippen LogP contribution >= 0.6 is 50.2 Å². The highest BCUT2D eigenvalue weighted by molar-refractivity contribution is 9.10. The van der Waals surface area contributed by atoms with Gasteiger partial charge in [-0.25, -0.2) is 9.97 Å². The molecular formula is C22H17BrClF6N3O2S2. The first-order valence-corrected chi connectivity index (χ1v) is 13.5. The second kappa shape index (κ2) is 10.7. The molecule has 0 atom stereocenters. The number of carbonyl (C=O) groups excluding carboxylic acids is 1. The summed E-state index contributed by atoms with van der Waals surface area (Å²) in [5.41, 5.74) is -1.59. The predicted octanol–water partition coefficient (Wildman–Crippen LogP) is 7.86. The maximum absolute atomic E-state index is 13.4. The Labute approximate surface area is 228 Å². The molecule has 0 spiro atoms. The van der Waals surface area contributed by atoms with Crippen molar-refractivity contribution in [3.8, 4) is 17.0 Å². The number of carbonyl (C=O) groups is 1. The van der Waals surface area contributed by atoms with E-state index in [2.05, 4.69) is 30.6 Å².